The Balaban J connectivity index is 2.03. The van der Waals surface area contributed by atoms with E-state index in [4.69, 9.17) is 0 Å². The van der Waals surface area contributed by atoms with Crippen LogP contribution in [0.25, 0.3) is 11.0 Å². The molecule has 3 nitrogen and oxygen atoms in total. The Hall–Kier alpha value is -1.42. The Morgan fingerprint density at radius 3 is 2.82 bits per heavy atom. The van der Waals surface area contributed by atoms with E-state index in [0.29, 0.717) is 19.5 Å². The third kappa shape index (κ3) is 1.72. The van der Waals surface area contributed by atoms with Crippen molar-refractivity contribution < 1.29 is 4.39 Å². The van der Waals surface area contributed by atoms with Gasteiger partial charge in [-0.05, 0) is 19.1 Å². The number of alkyl halides is 1. The molecule has 17 heavy (non-hydrogen) atoms. The lowest BCUT2D eigenvalue weighted by Gasteiger charge is -2.34. The quantitative estimate of drug-likeness (QED) is 0.877. The lowest BCUT2D eigenvalue weighted by molar-refractivity contribution is 0.0879. The number of imidazole rings is 1. The van der Waals surface area contributed by atoms with Crippen LogP contribution in [0.3, 0.4) is 0 Å². The molecule has 0 bridgehead atoms. The van der Waals surface area contributed by atoms with Crippen LogP contribution >= 0.6 is 0 Å². The fraction of sp³-hybridized carbons (Fsp3) is 0.462. The van der Waals surface area contributed by atoms with Crippen molar-refractivity contribution in [2.45, 2.75) is 25.6 Å². The Labute approximate surface area is 99.7 Å². The van der Waals surface area contributed by atoms with Crippen LogP contribution in [0.2, 0.25) is 0 Å². The molecule has 3 rings (SSSR count). The summed E-state index contributed by atoms with van der Waals surface area (Å²) in [5.41, 5.74) is 0.954. The van der Waals surface area contributed by atoms with E-state index in [0.717, 1.165) is 23.4 Å². The summed E-state index contributed by atoms with van der Waals surface area (Å²) >= 11 is 0. The molecular formula is C13H16FN3. The number of nitrogens with one attached hydrogen (secondary N) is 1. The number of para-hydroxylation sites is 2. The second-order valence-corrected chi connectivity index (χ2v) is 4.69. The molecule has 1 aliphatic rings. The molecule has 1 N–H and O–H groups in total. The second kappa shape index (κ2) is 3.81. The molecule has 1 aromatic heterocycles. The molecule has 1 aromatic carbocycles. The van der Waals surface area contributed by atoms with E-state index in [1.165, 1.54) is 0 Å². The standard InChI is InChI=1S/C13H16FN3/c1-2-17-11-6-4-3-5-10(11)16-12(17)7-13(14)8-15-9-13/h3-6,15H,2,7-9H2,1H3. The van der Waals surface area contributed by atoms with Crippen LogP contribution in [-0.2, 0) is 13.0 Å². The van der Waals surface area contributed by atoms with E-state index in [1.54, 1.807) is 0 Å². The van der Waals surface area contributed by atoms with Crippen LogP contribution in [-0.4, -0.2) is 28.3 Å². The smallest absolute Gasteiger partial charge is 0.142 e. The zero-order chi connectivity index (χ0) is 11.9. The van der Waals surface area contributed by atoms with E-state index < -0.39 is 5.67 Å². The summed E-state index contributed by atoms with van der Waals surface area (Å²) < 4.78 is 16.2. The van der Waals surface area contributed by atoms with Crippen molar-refractivity contribution in [3.63, 3.8) is 0 Å². The number of fused-ring (bicyclic) bond motifs is 1. The third-order valence-electron chi connectivity index (χ3n) is 3.41. The molecule has 0 aliphatic carbocycles. The molecule has 2 aromatic rings. The first kappa shape index (κ1) is 10.7. The monoisotopic (exact) mass is 233 g/mol. The molecule has 0 amide bonds. The summed E-state index contributed by atoms with van der Waals surface area (Å²) in [6, 6.07) is 7.99. The van der Waals surface area contributed by atoms with Crippen LogP contribution < -0.4 is 5.32 Å². The van der Waals surface area contributed by atoms with Gasteiger partial charge in [0, 0.05) is 26.1 Å². The minimum atomic E-state index is -1.10. The fourth-order valence-corrected chi connectivity index (χ4v) is 2.42. The minimum absolute atomic E-state index is 0.405. The van der Waals surface area contributed by atoms with Gasteiger partial charge in [-0.25, -0.2) is 9.37 Å². The molecule has 2 heterocycles. The predicted octanol–water partition coefficient (Wildman–Crippen LogP) is 1.91. The van der Waals surface area contributed by atoms with Gasteiger partial charge in [0.15, 0.2) is 0 Å². The van der Waals surface area contributed by atoms with E-state index in [1.807, 2.05) is 24.3 Å². The molecule has 1 saturated heterocycles. The summed E-state index contributed by atoms with van der Waals surface area (Å²) in [5, 5.41) is 2.98. The zero-order valence-corrected chi connectivity index (χ0v) is 9.91. The van der Waals surface area contributed by atoms with Gasteiger partial charge in [-0.1, -0.05) is 12.1 Å². The van der Waals surface area contributed by atoms with Crippen LogP contribution in [0.5, 0.6) is 0 Å². The van der Waals surface area contributed by atoms with Gasteiger partial charge in [0.2, 0.25) is 0 Å². The van der Waals surface area contributed by atoms with Gasteiger partial charge in [-0.2, -0.15) is 0 Å². The second-order valence-electron chi connectivity index (χ2n) is 4.69. The Bertz CT molecular complexity index is 543. The van der Waals surface area contributed by atoms with Gasteiger partial charge in [-0.15, -0.1) is 0 Å². The van der Waals surface area contributed by atoms with Crippen molar-refractivity contribution in [3.05, 3.63) is 30.1 Å². The number of aryl methyl sites for hydroxylation is 1. The zero-order valence-electron chi connectivity index (χ0n) is 9.91. The highest BCUT2D eigenvalue weighted by Gasteiger charge is 2.38. The van der Waals surface area contributed by atoms with Gasteiger partial charge in [0.1, 0.15) is 11.5 Å². The number of aromatic nitrogens is 2. The lowest BCUT2D eigenvalue weighted by atomic mass is 9.95. The van der Waals surface area contributed by atoms with Gasteiger partial charge in [-0.3, -0.25) is 0 Å². The van der Waals surface area contributed by atoms with Crippen LogP contribution in [0.1, 0.15) is 12.7 Å². The number of halogens is 1. The molecule has 0 atom stereocenters. The molecule has 0 saturated carbocycles. The van der Waals surface area contributed by atoms with Gasteiger partial charge < -0.3 is 9.88 Å². The van der Waals surface area contributed by atoms with Crippen molar-refractivity contribution in [2.75, 3.05) is 13.1 Å². The number of rotatable bonds is 3. The highest BCUT2D eigenvalue weighted by Crippen LogP contribution is 2.24. The third-order valence-corrected chi connectivity index (χ3v) is 3.41. The number of nitrogens with zero attached hydrogens (tertiary/aromatic N) is 2. The first-order valence-electron chi connectivity index (χ1n) is 6.06. The minimum Gasteiger partial charge on any atom is -0.328 e. The maximum atomic E-state index is 14.1. The van der Waals surface area contributed by atoms with Crippen LogP contribution in [0, 0.1) is 0 Å². The molecule has 1 fully saturated rings. The topological polar surface area (TPSA) is 29.9 Å². The summed E-state index contributed by atoms with van der Waals surface area (Å²) in [6.07, 6.45) is 0.405. The van der Waals surface area contributed by atoms with Crippen LogP contribution in [0.4, 0.5) is 4.39 Å². The summed E-state index contributed by atoms with van der Waals surface area (Å²) in [5.74, 6) is 0.859. The first-order chi connectivity index (χ1) is 8.22. The molecule has 0 spiro atoms. The van der Waals surface area contributed by atoms with E-state index in [9.17, 15) is 4.39 Å². The maximum absolute atomic E-state index is 14.1. The van der Waals surface area contributed by atoms with Gasteiger partial charge in [0.05, 0.1) is 11.0 Å². The van der Waals surface area contributed by atoms with Crippen LogP contribution in [0.15, 0.2) is 24.3 Å². The Morgan fingerprint density at radius 2 is 2.18 bits per heavy atom. The first-order valence-corrected chi connectivity index (χ1v) is 6.06. The molecule has 0 radical (unpaired) electrons. The average molecular weight is 233 g/mol. The summed E-state index contributed by atoms with van der Waals surface area (Å²) in [4.78, 5) is 4.55. The predicted molar refractivity (Wildman–Crippen MR) is 65.8 cm³/mol. The summed E-state index contributed by atoms with van der Waals surface area (Å²) in [7, 11) is 0. The van der Waals surface area contributed by atoms with Gasteiger partial charge >= 0.3 is 0 Å². The van der Waals surface area contributed by atoms with E-state index in [-0.39, 0.29) is 0 Å². The van der Waals surface area contributed by atoms with Gasteiger partial charge in [0.25, 0.3) is 0 Å². The molecule has 1 aliphatic heterocycles. The van der Waals surface area contributed by atoms with Crippen molar-refractivity contribution in [1.29, 1.82) is 0 Å². The van der Waals surface area contributed by atoms with Crippen molar-refractivity contribution in [3.8, 4) is 0 Å². The van der Waals surface area contributed by atoms with E-state index >= 15 is 0 Å². The Kier molecular flexibility index (Phi) is 2.40. The van der Waals surface area contributed by atoms with Crippen molar-refractivity contribution >= 4 is 11.0 Å². The molecule has 4 heteroatoms. The highest BCUT2D eigenvalue weighted by molar-refractivity contribution is 5.75. The SMILES string of the molecule is CCn1c(CC2(F)CNC2)nc2ccccc21. The summed E-state index contributed by atoms with van der Waals surface area (Å²) in [6.45, 7) is 3.79. The normalized spacial score (nSPS) is 18.2. The number of hydrogen-bond acceptors (Lipinski definition) is 2. The molecular weight excluding hydrogens is 217 g/mol. The molecule has 0 unspecified atom stereocenters. The number of hydrogen-bond donors (Lipinski definition) is 1. The fourth-order valence-electron chi connectivity index (χ4n) is 2.42. The van der Waals surface area contributed by atoms with Crippen molar-refractivity contribution in [2.24, 2.45) is 0 Å². The molecule has 90 valence electrons. The number of benzene rings is 1. The largest absolute Gasteiger partial charge is 0.328 e. The van der Waals surface area contributed by atoms with E-state index in [2.05, 4.69) is 21.8 Å². The maximum Gasteiger partial charge on any atom is 0.142 e. The highest BCUT2D eigenvalue weighted by atomic mass is 19.1. The lowest BCUT2D eigenvalue weighted by Crippen LogP contribution is -2.57. The average Bonchev–Trinajstić information content (AvgIpc) is 2.64. The Morgan fingerprint density at radius 1 is 1.41 bits per heavy atom. The van der Waals surface area contributed by atoms with Crippen molar-refractivity contribution in [1.82, 2.24) is 14.9 Å².